The van der Waals surface area contributed by atoms with E-state index >= 15 is 0 Å². The first-order valence-electron chi connectivity index (χ1n) is 6.80. The molecule has 0 radical (unpaired) electrons. The zero-order valence-corrected chi connectivity index (χ0v) is 14.8. The van der Waals surface area contributed by atoms with E-state index < -0.39 is 35.2 Å². The molecule has 25 heavy (non-hydrogen) atoms. The SMILES string of the molecule is C[C@@H](OC(=O)c1cc(F)c(F)cc1Cl)C(=O)Nc1cc(Cl)cc(Cl)c1. The standard InChI is InChI=1S/C16H10Cl3F2NO3/c1-7(15(23)22-10-3-8(17)2-9(18)4-10)25-16(24)11-5-13(20)14(21)6-12(11)19/h2-7H,1H3,(H,22,23)/t7-/m1/s1. The minimum Gasteiger partial charge on any atom is -0.449 e. The molecule has 132 valence electrons. The topological polar surface area (TPSA) is 55.4 Å². The van der Waals surface area contributed by atoms with Crippen LogP contribution in [-0.4, -0.2) is 18.0 Å². The number of nitrogens with one attached hydrogen (secondary N) is 1. The number of carbonyl (C=O) groups is 2. The van der Waals surface area contributed by atoms with Gasteiger partial charge in [-0.05, 0) is 37.3 Å². The van der Waals surface area contributed by atoms with E-state index in [0.29, 0.717) is 27.9 Å². The summed E-state index contributed by atoms with van der Waals surface area (Å²) in [7, 11) is 0. The van der Waals surface area contributed by atoms with Gasteiger partial charge in [-0.2, -0.15) is 0 Å². The van der Waals surface area contributed by atoms with Gasteiger partial charge < -0.3 is 10.1 Å². The van der Waals surface area contributed by atoms with Crippen LogP contribution >= 0.6 is 34.8 Å². The third kappa shape index (κ3) is 5.04. The Kier molecular flexibility index (Phi) is 6.21. The van der Waals surface area contributed by atoms with Crippen molar-refractivity contribution in [1.29, 1.82) is 0 Å². The van der Waals surface area contributed by atoms with Gasteiger partial charge in [0.15, 0.2) is 17.7 Å². The highest BCUT2D eigenvalue weighted by molar-refractivity contribution is 6.35. The fourth-order valence-electron chi connectivity index (χ4n) is 1.83. The molecule has 1 N–H and O–H groups in total. The number of esters is 1. The van der Waals surface area contributed by atoms with E-state index in [4.69, 9.17) is 39.5 Å². The van der Waals surface area contributed by atoms with Crippen LogP contribution in [0.3, 0.4) is 0 Å². The summed E-state index contributed by atoms with van der Waals surface area (Å²) in [6.07, 6.45) is -1.24. The molecule has 0 saturated carbocycles. The van der Waals surface area contributed by atoms with Crippen LogP contribution in [0.15, 0.2) is 30.3 Å². The number of carbonyl (C=O) groups excluding carboxylic acids is 2. The van der Waals surface area contributed by atoms with Crippen molar-refractivity contribution < 1.29 is 23.1 Å². The molecule has 0 heterocycles. The van der Waals surface area contributed by atoms with Crippen LogP contribution in [0.1, 0.15) is 17.3 Å². The first-order valence-corrected chi connectivity index (χ1v) is 7.93. The first-order chi connectivity index (χ1) is 11.7. The summed E-state index contributed by atoms with van der Waals surface area (Å²) in [5.74, 6) is -4.21. The maximum atomic E-state index is 13.2. The molecule has 1 amide bonds. The van der Waals surface area contributed by atoms with Crippen LogP contribution in [0.5, 0.6) is 0 Å². The van der Waals surface area contributed by atoms with E-state index in [1.54, 1.807) is 0 Å². The Morgan fingerprint density at radius 1 is 1.00 bits per heavy atom. The minimum atomic E-state index is -1.26. The maximum Gasteiger partial charge on any atom is 0.340 e. The molecular formula is C16H10Cl3F2NO3. The van der Waals surface area contributed by atoms with E-state index in [2.05, 4.69) is 5.32 Å². The molecule has 0 aliphatic rings. The van der Waals surface area contributed by atoms with Crippen LogP contribution in [0.4, 0.5) is 14.5 Å². The van der Waals surface area contributed by atoms with Crippen LogP contribution < -0.4 is 5.32 Å². The summed E-state index contributed by atoms with van der Waals surface area (Å²) in [5, 5.41) is 2.74. The van der Waals surface area contributed by atoms with Gasteiger partial charge in [-0.25, -0.2) is 13.6 Å². The van der Waals surface area contributed by atoms with Crippen molar-refractivity contribution in [3.8, 4) is 0 Å². The van der Waals surface area contributed by atoms with Gasteiger partial charge in [0.1, 0.15) is 0 Å². The number of ether oxygens (including phenoxy) is 1. The van der Waals surface area contributed by atoms with Crippen molar-refractivity contribution >= 4 is 52.4 Å². The lowest BCUT2D eigenvalue weighted by Gasteiger charge is -2.14. The molecule has 0 aliphatic heterocycles. The molecule has 2 rings (SSSR count). The molecule has 2 aromatic rings. The number of amides is 1. The van der Waals surface area contributed by atoms with Crippen molar-refractivity contribution in [3.63, 3.8) is 0 Å². The Morgan fingerprint density at radius 2 is 1.56 bits per heavy atom. The summed E-state index contributed by atoms with van der Waals surface area (Å²) >= 11 is 17.3. The lowest BCUT2D eigenvalue weighted by molar-refractivity contribution is -0.123. The Bertz CT molecular complexity index is 825. The molecule has 9 heteroatoms. The Balaban J connectivity index is 2.08. The summed E-state index contributed by atoms with van der Waals surface area (Å²) < 4.78 is 31.2. The first kappa shape index (κ1) is 19.4. The van der Waals surface area contributed by atoms with Gasteiger partial charge in [0, 0.05) is 15.7 Å². The molecule has 0 fully saturated rings. The fourth-order valence-corrected chi connectivity index (χ4v) is 2.58. The van der Waals surface area contributed by atoms with Crippen molar-refractivity contribution in [2.24, 2.45) is 0 Å². The quantitative estimate of drug-likeness (QED) is 0.565. The van der Waals surface area contributed by atoms with Gasteiger partial charge in [0.2, 0.25) is 0 Å². The predicted molar refractivity (Wildman–Crippen MR) is 91.3 cm³/mol. The Hall–Kier alpha value is -1.89. The van der Waals surface area contributed by atoms with Gasteiger partial charge in [0.05, 0.1) is 10.6 Å². The smallest absolute Gasteiger partial charge is 0.340 e. The van der Waals surface area contributed by atoms with Gasteiger partial charge in [0.25, 0.3) is 5.91 Å². The van der Waals surface area contributed by atoms with Gasteiger partial charge >= 0.3 is 5.97 Å². The number of rotatable bonds is 4. The maximum absolute atomic E-state index is 13.2. The fraction of sp³-hybridized carbons (Fsp3) is 0.125. The van der Waals surface area contributed by atoms with E-state index in [1.165, 1.54) is 25.1 Å². The normalized spacial score (nSPS) is 11.8. The summed E-state index contributed by atoms with van der Waals surface area (Å²) in [4.78, 5) is 24.1. The lowest BCUT2D eigenvalue weighted by atomic mass is 10.2. The molecule has 2 aromatic carbocycles. The third-order valence-electron chi connectivity index (χ3n) is 3.01. The highest BCUT2D eigenvalue weighted by atomic mass is 35.5. The van der Waals surface area contributed by atoms with Crippen LogP contribution in [0, 0.1) is 11.6 Å². The van der Waals surface area contributed by atoms with Crippen LogP contribution in [0.2, 0.25) is 15.1 Å². The van der Waals surface area contributed by atoms with Crippen LogP contribution in [-0.2, 0) is 9.53 Å². The Labute approximate surface area is 156 Å². The average molecular weight is 409 g/mol. The van der Waals surface area contributed by atoms with Crippen molar-refractivity contribution in [2.75, 3.05) is 5.32 Å². The van der Waals surface area contributed by atoms with Gasteiger partial charge in [-0.1, -0.05) is 34.8 Å². The number of benzene rings is 2. The minimum absolute atomic E-state index is 0.302. The average Bonchev–Trinajstić information content (AvgIpc) is 2.49. The molecule has 1 atom stereocenters. The highest BCUT2D eigenvalue weighted by Gasteiger charge is 2.22. The second kappa shape index (κ2) is 7.99. The molecule has 0 unspecified atom stereocenters. The van der Waals surface area contributed by atoms with E-state index in [9.17, 15) is 18.4 Å². The summed E-state index contributed by atoms with van der Waals surface area (Å²) in [6, 6.07) is 5.62. The molecule has 0 bridgehead atoms. The predicted octanol–water partition coefficient (Wildman–Crippen LogP) is 5.11. The van der Waals surface area contributed by atoms with Gasteiger partial charge in [-0.3, -0.25) is 4.79 Å². The molecule has 4 nitrogen and oxygen atoms in total. The molecular weight excluding hydrogens is 399 g/mol. The molecule has 0 saturated heterocycles. The van der Waals surface area contributed by atoms with Crippen molar-refractivity contribution in [2.45, 2.75) is 13.0 Å². The van der Waals surface area contributed by atoms with Crippen LogP contribution in [0.25, 0.3) is 0 Å². The molecule has 0 aromatic heterocycles. The van der Waals surface area contributed by atoms with Crippen molar-refractivity contribution in [1.82, 2.24) is 0 Å². The monoisotopic (exact) mass is 407 g/mol. The van der Waals surface area contributed by atoms with E-state index in [-0.39, 0.29) is 5.02 Å². The van der Waals surface area contributed by atoms with E-state index in [0.717, 1.165) is 0 Å². The molecule has 0 aliphatic carbocycles. The zero-order valence-electron chi connectivity index (χ0n) is 12.6. The third-order valence-corrected chi connectivity index (χ3v) is 3.76. The Morgan fingerprint density at radius 3 is 2.16 bits per heavy atom. The number of halogens is 5. The highest BCUT2D eigenvalue weighted by Crippen LogP contribution is 2.23. The zero-order chi connectivity index (χ0) is 18.7. The number of hydrogen-bond donors (Lipinski definition) is 1. The second-order valence-corrected chi connectivity index (χ2v) is 6.22. The summed E-state index contributed by atoms with van der Waals surface area (Å²) in [5.41, 5.74) is -0.0951. The lowest BCUT2D eigenvalue weighted by Crippen LogP contribution is -2.30. The molecule has 0 spiro atoms. The number of anilines is 1. The number of hydrogen-bond acceptors (Lipinski definition) is 3. The largest absolute Gasteiger partial charge is 0.449 e. The van der Waals surface area contributed by atoms with Crippen molar-refractivity contribution in [3.05, 3.63) is 62.6 Å². The van der Waals surface area contributed by atoms with E-state index in [1.807, 2.05) is 0 Å². The van der Waals surface area contributed by atoms with Gasteiger partial charge in [-0.15, -0.1) is 0 Å². The second-order valence-electron chi connectivity index (χ2n) is 4.94. The summed E-state index contributed by atoms with van der Waals surface area (Å²) in [6.45, 7) is 1.30.